The Morgan fingerprint density at radius 3 is 2.84 bits per heavy atom. The molecule has 1 N–H and O–H groups in total. The smallest absolute Gasteiger partial charge is 0.410 e. The summed E-state index contributed by atoms with van der Waals surface area (Å²) >= 11 is 3.47. The van der Waals surface area contributed by atoms with E-state index in [1.165, 1.54) is 0 Å². The molecular formula is C24H22BrN3O4. The predicted molar refractivity (Wildman–Crippen MR) is 126 cm³/mol. The molecule has 1 aliphatic rings. The number of benzene rings is 2. The fourth-order valence-electron chi connectivity index (χ4n) is 4.07. The molecule has 7 nitrogen and oxygen atoms in total. The van der Waals surface area contributed by atoms with Crippen LogP contribution in [0.2, 0.25) is 0 Å². The first-order valence-electron chi connectivity index (χ1n) is 10.4. The van der Waals surface area contributed by atoms with Gasteiger partial charge in [-0.15, -0.1) is 0 Å². The maximum Gasteiger partial charge on any atom is 0.410 e. The Bertz CT molecular complexity index is 1430. The summed E-state index contributed by atoms with van der Waals surface area (Å²) < 4.78 is 12.1. The van der Waals surface area contributed by atoms with Crippen LogP contribution in [0.3, 0.4) is 0 Å². The highest BCUT2D eigenvalue weighted by atomic mass is 79.9. The lowest BCUT2D eigenvalue weighted by Gasteiger charge is -2.32. The molecule has 2 aromatic heterocycles. The number of fused-ring (bicyclic) bond motifs is 4. The standard InChI is InChI=1S/C24H22BrN3O4/c1-24(2,3)32-23(30)28-10-9-15-13(12-28)5-4-6-16(15)21-26-19-17-11-14(25)7-8-18(17)31-20(19)22(29)27-21/h4-8,11H,9-10,12H2,1-3H3,(H,26,27,29). The number of nitrogens with one attached hydrogen (secondary N) is 1. The molecule has 2 aromatic carbocycles. The van der Waals surface area contributed by atoms with Crippen molar-refractivity contribution in [2.24, 2.45) is 0 Å². The van der Waals surface area contributed by atoms with Crippen molar-refractivity contribution in [3.8, 4) is 11.4 Å². The van der Waals surface area contributed by atoms with E-state index in [1.807, 2.05) is 57.2 Å². The van der Waals surface area contributed by atoms with Crippen LogP contribution in [0.25, 0.3) is 33.5 Å². The molecule has 1 amide bonds. The molecule has 0 fully saturated rings. The molecule has 0 atom stereocenters. The largest absolute Gasteiger partial charge is 0.449 e. The lowest BCUT2D eigenvalue weighted by molar-refractivity contribution is 0.0224. The van der Waals surface area contributed by atoms with E-state index in [0.29, 0.717) is 36.4 Å². The number of furan rings is 1. The van der Waals surface area contributed by atoms with E-state index in [0.717, 1.165) is 26.5 Å². The highest BCUT2D eigenvalue weighted by Gasteiger charge is 2.27. The number of ether oxygens (including phenoxy) is 1. The van der Waals surface area contributed by atoms with Gasteiger partial charge < -0.3 is 19.0 Å². The number of nitrogens with zero attached hydrogens (tertiary/aromatic N) is 2. The summed E-state index contributed by atoms with van der Waals surface area (Å²) in [6.07, 6.45) is 0.321. The van der Waals surface area contributed by atoms with Crippen LogP contribution < -0.4 is 5.56 Å². The van der Waals surface area contributed by atoms with Crippen LogP contribution in [0.15, 0.2) is 50.1 Å². The lowest BCUT2D eigenvalue weighted by Crippen LogP contribution is -2.40. The molecule has 0 unspecified atom stereocenters. The van der Waals surface area contributed by atoms with Crippen LogP contribution in [-0.2, 0) is 17.7 Å². The van der Waals surface area contributed by atoms with E-state index >= 15 is 0 Å². The van der Waals surface area contributed by atoms with Gasteiger partial charge in [0, 0.05) is 28.5 Å². The van der Waals surface area contributed by atoms with Crippen molar-refractivity contribution >= 4 is 44.1 Å². The number of aromatic nitrogens is 2. The van der Waals surface area contributed by atoms with E-state index in [9.17, 15) is 9.59 Å². The number of carbonyl (C=O) groups excluding carboxylic acids is 1. The van der Waals surface area contributed by atoms with E-state index in [-0.39, 0.29) is 17.2 Å². The van der Waals surface area contributed by atoms with E-state index in [4.69, 9.17) is 14.1 Å². The third kappa shape index (κ3) is 3.68. The number of H-pyrrole nitrogens is 1. The van der Waals surface area contributed by atoms with Crippen molar-refractivity contribution in [3.05, 3.63) is 62.4 Å². The maximum absolute atomic E-state index is 12.8. The zero-order valence-electron chi connectivity index (χ0n) is 18.0. The third-order valence-electron chi connectivity index (χ3n) is 5.46. The fraction of sp³-hybridized carbons (Fsp3) is 0.292. The van der Waals surface area contributed by atoms with E-state index < -0.39 is 5.60 Å². The van der Waals surface area contributed by atoms with Crippen molar-refractivity contribution in [2.45, 2.75) is 39.3 Å². The zero-order valence-corrected chi connectivity index (χ0v) is 19.6. The number of aromatic amines is 1. The molecule has 32 heavy (non-hydrogen) atoms. The van der Waals surface area contributed by atoms with Gasteiger partial charge in [-0.2, -0.15) is 0 Å². The minimum atomic E-state index is -0.541. The Morgan fingerprint density at radius 1 is 1.25 bits per heavy atom. The Labute approximate surface area is 192 Å². The number of halogens is 1. The third-order valence-corrected chi connectivity index (χ3v) is 5.95. The van der Waals surface area contributed by atoms with Gasteiger partial charge in [0.05, 0.1) is 0 Å². The number of rotatable bonds is 1. The highest BCUT2D eigenvalue weighted by Crippen LogP contribution is 2.32. The minimum Gasteiger partial charge on any atom is -0.449 e. The van der Waals surface area contributed by atoms with Crippen LogP contribution >= 0.6 is 15.9 Å². The Balaban J connectivity index is 1.57. The molecule has 0 radical (unpaired) electrons. The predicted octanol–water partition coefficient (Wildman–Crippen LogP) is 5.39. The number of amides is 1. The van der Waals surface area contributed by atoms with Gasteiger partial charge >= 0.3 is 6.09 Å². The molecule has 0 aliphatic carbocycles. The molecule has 5 rings (SSSR count). The van der Waals surface area contributed by atoms with Gasteiger partial charge in [-0.1, -0.05) is 34.1 Å². The first kappa shape index (κ1) is 20.8. The summed E-state index contributed by atoms with van der Waals surface area (Å²) in [4.78, 5) is 34.7. The van der Waals surface area contributed by atoms with Gasteiger partial charge in [0.2, 0.25) is 5.58 Å². The monoisotopic (exact) mass is 495 g/mol. The molecule has 3 heterocycles. The SMILES string of the molecule is CC(C)(C)OC(=O)N1CCc2c(cccc2-c2nc3c(oc4ccc(Br)cc43)c(=O)[nH]2)C1. The Hall–Kier alpha value is -3.13. The second-order valence-electron chi connectivity index (χ2n) is 8.93. The molecule has 1 aliphatic heterocycles. The molecule has 0 saturated carbocycles. The molecule has 4 aromatic rings. The van der Waals surface area contributed by atoms with Gasteiger partial charge in [0.25, 0.3) is 5.56 Å². The van der Waals surface area contributed by atoms with Gasteiger partial charge in [0.1, 0.15) is 22.5 Å². The molecule has 164 valence electrons. The van der Waals surface area contributed by atoms with E-state index in [1.54, 1.807) is 4.90 Å². The summed E-state index contributed by atoms with van der Waals surface area (Å²) in [5.74, 6) is 0.493. The van der Waals surface area contributed by atoms with Crippen LogP contribution in [0.5, 0.6) is 0 Å². The maximum atomic E-state index is 12.8. The fourth-order valence-corrected chi connectivity index (χ4v) is 4.43. The molecular weight excluding hydrogens is 474 g/mol. The van der Waals surface area contributed by atoms with Crippen molar-refractivity contribution in [1.29, 1.82) is 0 Å². The summed E-state index contributed by atoms with van der Waals surface area (Å²) in [6.45, 7) is 6.56. The minimum absolute atomic E-state index is 0.211. The number of carbonyl (C=O) groups is 1. The second kappa shape index (κ2) is 7.48. The van der Waals surface area contributed by atoms with E-state index in [2.05, 4.69) is 20.9 Å². The summed E-state index contributed by atoms with van der Waals surface area (Å²) in [7, 11) is 0. The van der Waals surface area contributed by atoms with Crippen LogP contribution in [-0.4, -0.2) is 33.1 Å². The quantitative estimate of drug-likeness (QED) is 0.382. The van der Waals surface area contributed by atoms with Gasteiger partial charge in [-0.05, 0) is 56.5 Å². The van der Waals surface area contributed by atoms with Crippen molar-refractivity contribution in [1.82, 2.24) is 14.9 Å². The van der Waals surface area contributed by atoms with Gasteiger partial charge in [-0.3, -0.25) is 4.79 Å². The average molecular weight is 496 g/mol. The van der Waals surface area contributed by atoms with Gasteiger partial charge in [-0.25, -0.2) is 9.78 Å². The second-order valence-corrected chi connectivity index (χ2v) is 9.85. The highest BCUT2D eigenvalue weighted by molar-refractivity contribution is 9.10. The Kier molecular flexibility index (Phi) is 4.85. The van der Waals surface area contributed by atoms with Crippen LogP contribution in [0, 0.1) is 0 Å². The summed E-state index contributed by atoms with van der Waals surface area (Å²) in [5, 5.41) is 0.780. The Morgan fingerprint density at radius 2 is 2.06 bits per heavy atom. The lowest BCUT2D eigenvalue weighted by atomic mass is 9.94. The van der Waals surface area contributed by atoms with Gasteiger partial charge in [0.15, 0.2) is 0 Å². The number of hydrogen-bond donors (Lipinski definition) is 1. The van der Waals surface area contributed by atoms with Crippen LogP contribution in [0.4, 0.5) is 4.79 Å². The average Bonchev–Trinajstić information content (AvgIpc) is 3.10. The molecule has 0 bridgehead atoms. The molecule has 8 heteroatoms. The van der Waals surface area contributed by atoms with Crippen LogP contribution in [0.1, 0.15) is 31.9 Å². The number of hydrogen-bond acceptors (Lipinski definition) is 5. The molecule has 0 spiro atoms. The zero-order chi connectivity index (χ0) is 22.6. The first-order chi connectivity index (χ1) is 15.2. The topological polar surface area (TPSA) is 88.4 Å². The van der Waals surface area contributed by atoms with Crippen molar-refractivity contribution in [3.63, 3.8) is 0 Å². The molecule has 0 saturated heterocycles. The normalized spacial score (nSPS) is 14.1. The van der Waals surface area contributed by atoms with Crippen molar-refractivity contribution < 1.29 is 13.9 Å². The van der Waals surface area contributed by atoms with Crippen molar-refractivity contribution in [2.75, 3.05) is 6.54 Å². The first-order valence-corrected chi connectivity index (χ1v) is 11.2. The summed E-state index contributed by atoms with van der Waals surface area (Å²) in [5.41, 5.74) is 3.44. The summed E-state index contributed by atoms with van der Waals surface area (Å²) in [6, 6.07) is 11.4.